The van der Waals surface area contributed by atoms with Gasteiger partial charge in [-0.2, -0.15) is 0 Å². The first-order valence-corrected chi connectivity index (χ1v) is 4.33. The Balaban J connectivity index is 2.97. The van der Waals surface area contributed by atoms with Crippen LogP contribution in [0.3, 0.4) is 0 Å². The summed E-state index contributed by atoms with van der Waals surface area (Å²) in [5.41, 5.74) is 4.75. The summed E-state index contributed by atoms with van der Waals surface area (Å²) in [7, 11) is 0. The molecule has 0 saturated carbocycles. The van der Waals surface area contributed by atoms with E-state index < -0.39 is 23.4 Å². The summed E-state index contributed by atoms with van der Waals surface area (Å²) in [4.78, 5) is 10.7. The van der Waals surface area contributed by atoms with Crippen LogP contribution in [-0.2, 0) is 4.79 Å². The van der Waals surface area contributed by atoms with Crippen LogP contribution in [0.1, 0.15) is 6.92 Å². The second kappa shape index (κ2) is 4.61. The maximum Gasteiger partial charge on any atom is 0.249 e. The number of hydrogen-bond donors (Lipinski definition) is 3. The second-order valence-corrected chi connectivity index (χ2v) is 3.12. The van der Waals surface area contributed by atoms with E-state index in [1.165, 1.54) is 6.92 Å². The van der Waals surface area contributed by atoms with Crippen LogP contribution in [0.15, 0.2) is 29.7 Å². The highest BCUT2D eigenvalue weighted by atomic mass is 19.1. The monoisotopic (exact) mass is 228 g/mol. The molecular formula is C10H10F2N2O2. The zero-order valence-corrected chi connectivity index (χ0v) is 8.42. The Hall–Kier alpha value is -2.11. The van der Waals surface area contributed by atoms with Gasteiger partial charge in [0.25, 0.3) is 0 Å². The third-order valence-corrected chi connectivity index (χ3v) is 1.85. The normalized spacial score (nSPS) is 11.9. The number of hydrogen-bond acceptors (Lipinski definition) is 3. The number of halogens is 2. The topological polar surface area (TPSA) is 75.4 Å². The zero-order valence-electron chi connectivity index (χ0n) is 8.42. The van der Waals surface area contributed by atoms with E-state index in [9.17, 15) is 18.7 Å². The van der Waals surface area contributed by atoms with E-state index in [1.54, 1.807) is 0 Å². The third kappa shape index (κ3) is 2.94. The largest absolute Gasteiger partial charge is 0.494 e. The number of aliphatic hydroxyl groups is 1. The first-order valence-electron chi connectivity index (χ1n) is 4.33. The van der Waals surface area contributed by atoms with Crippen LogP contribution in [0.25, 0.3) is 0 Å². The molecular weight excluding hydrogens is 218 g/mol. The number of primary amides is 1. The molecule has 0 heterocycles. The summed E-state index contributed by atoms with van der Waals surface area (Å²) < 4.78 is 25.5. The van der Waals surface area contributed by atoms with Crippen molar-refractivity contribution in [1.82, 2.24) is 0 Å². The summed E-state index contributed by atoms with van der Waals surface area (Å²) in [6.45, 7) is 1.28. The van der Waals surface area contributed by atoms with Crippen LogP contribution < -0.4 is 11.1 Å². The number of rotatable bonds is 3. The summed E-state index contributed by atoms with van der Waals surface area (Å²) in [6.07, 6.45) is 0. The molecule has 1 amide bonds. The van der Waals surface area contributed by atoms with Gasteiger partial charge in [0.2, 0.25) is 5.91 Å². The maximum absolute atomic E-state index is 12.8. The molecule has 0 aliphatic heterocycles. The average molecular weight is 228 g/mol. The first-order chi connectivity index (χ1) is 7.40. The van der Waals surface area contributed by atoms with Crippen molar-refractivity contribution in [3.8, 4) is 0 Å². The molecule has 1 aromatic carbocycles. The van der Waals surface area contributed by atoms with E-state index in [0.717, 1.165) is 12.1 Å². The highest BCUT2D eigenvalue weighted by Crippen LogP contribution is 2.15. The van der Waals surface area contributed by atoms with Gasteiger partial charge in [0.1, 0.15) is 11.6 Å². The Morgan fingerprint density at radius 3 is 2.25 bits per heavy atom. The van der Waals surface area contributed by atoms with Crippen molar-refractivity contribution in [2.24, 2.45) is 5.73 Å². The number of carbonyl (C=O) groups is 1. The van der Waals surface area contributed by atoms with Crippen LogP contribution in [0.4, 0.5) is 14.5 Å². The predicted octanol–water partition coefficient (Wildman–Crippen LogP) is 1.65. The number of aliphatic hydroxyl groups excluding tert-OH is 1. The Labute approximate surface area is 90.4 Å². The molecule has 0 bridgehead atoms. The molecule has 0 unspecified atom stereocenters. The van der Waals surface area contributed by atoms with Crippen molar-refractivity contribution in [3.05, 3.63) is 41.3 Å². The smallest absolute Gasteiger partial charge is 0.249 e. The maximum atomic E-state index is 12.8. The molecule has 0 spiro atoms. The van der Waals surface area contributed by atoms with Crippen LogP contribution in [-0.4, -0.2) is 11.0 Å². The van der Waals surface area contributed by atoms with Gasteiger partial charge in [-0.1, -0.05) is 0 Å². The summed E-state index contributed by atoms with van der Waals surface area (Å²) in [6, 6.07) is 2.62. The molecule has 0 fully saturated rings. The summed E-state index contributed by atoms with van der Waals surface area (Å²) in [5, 5.41) is 11.6. The molecule has 16 heavy (non-hydrogen) atoms. The van der Waals surface area contributed by atoms with Gasteiger partial charge in [-0.25, -0.2) is 8.78 Å². The van der Waals surface area contributed by atoms with Crippen LogP contribution in [0.2, 0.25) is 0 Å². The van der Waals surface area contributed by atoms with Gasteiger partial charge < -0.3 is 16.2 Å². The Bertz CT molecular complexity index is 438. The number of benzene rings is 1. The molecule has 0 saturated heterocycles. The van der Waals surface area contributed by atoms with Crippen molar-refractivity contribution in [2.45, 2.75) is 6.92 Å². The lowest BCUT2D eigenvalue weighted by Gasteiger charge is -2.07. The molecule has 1 aromatic rings. The van der Waals surface area contributed by atoms with Gasteiger partial charge in [0, 0.05) is 11.8 Å². The van der Waals surface area contributed by atoms with Gasteiger partial charge in [-0.05, 0) is 19.1 Å². The Kier molecular flexibility index (Phi) is 3.44. The van der Waals surface area contributed by atoms with E-state index in [4.69, 9.17) is 5.73 Å². The molecule has 0 radical (unpaired) electrons. The van der Waals surface area contributed by atoms with E-state index in [2.05, 4.69) is 5.32 Å². The molecule has 6 heteroatoms. The fourth-order valence-electron chi connectivity index (χ4n) is 0.973. The fraction of sp³-hybridized carbons (Fsp3) is 0.100. The molecule has 0 aliphatic carbocycles. The number of nitrogens with one attached hydrogen (secondary N) is 1. The van der Waals surface area contributed by atoms with Crippen molar-refractivity contribution in [3.63, 3.8) is 0 Å². The molecule has 1 rings (SSSR count). The third-order valence-electron chi connectivity index (χ3n) is 1.85. The molecule has 0 aromatic heterocycles. The van der Waals surface area contributed by atoms with Crippen LogP contribution in [0.5, 0.6) is 0 Å². The number of nitrogens with two attached hydrogens (primary N) is 1. The fourth-order valence-corrected chi connectivity index (χ4v) is 0.973. The van der Waals surface area contributed by atoms with Crippen molar-refractivity contribution < 1.29 is 18.7 Å². The van der Waals surface area contributed by atoms with Gasteiger partial charge in [-0.15, -0.1) is 0 Å². The minimum absolute atomic E-state index is 0.0180. The molecule has 4 nitrogen and oxygen atoms in total. The van der Waals surface area contributed by atoms with E-state index in [1.807, 2.05) is 0 Å². The molecule has 86 valence electrons. The lowest BCUT2D eigenvalue weighted by molar-refractivity contribution is -0.114. The van der Waals surface area contributed by atoms with Crippen LogP contribution >= 0.6 is 0 Å². The van der Waals surface area contributed by atoms with Gasteiger partial charge in [0.15, 0.2) is 5.88 Å². The number of carbonyl (C=O) groups excluding carboxylic acids is 1. The quantitative estimate of drug-likeness (QED) is 0.544. The molecule has 0 atom stereocenters. The predicted molar refractivity (Wildman–Crippen MR) is 54.5 cm³/mol. The highest BCUT2D eigenvalue weighted by molar-refractivity contribution is 5.92. The van der Waals surface area contributed by atoms with Crippen LogP contribution in [0, 0.1) is 11.6 Å². The van der Waals surface area contributed by atoms with Crippen molar-refractivity contribution in [1.29, 1.82) is 0 Å². The number of amides is 1. The highest BCUT2D eigenvalue weighted by Gasteiger charge is 2.07. The van der Waals surface area contributed by atoms with Gasteiger partial charge in [-0.3, -0.25) is 4.79 Å². The minimum atomic E-state index is -0.832. The lowest BCUT2D eigenvalue weighted by atomic mass is 10.2. The van der Waals surface area contributed by atoms with Crippen molar-refractivity contribution in [2.75, 3.05) is 5.32 Å². The van der Waals surface area contributed by atoms with E-state index >= 15 is 0 Å². The number of anilines is 1. The zero-order chi connectivity index (χ0) is 12.3. The SMILES string of the molecule is CC(C(N)=O)=C(O)Nc1cc(F)cc(F)c1. The lowest BCUT2D eigenvalue weighted by Crippen LogP contribution is -2.16. The molecule has 0 aliphatic rings. The average Bonchev–Trinajstić information content (AvgIpc) is 2.14. The summed E-state index contributed by atoms with van der Waals surface area (Å²) >= 11 is 0. The summed E-state index contributed by atoms with van der Waals surface area (Å²) in [5.74, 6) is -2.97. The van der Waals surface area contributed by atoms with Gasteiger partial charge in [0.05, 0.1) is 5.57 Å². The minimum Gasteiger partial charge on any atom is -0.494 e. The van der Waals surface area contributed by atoms with E-state index in [-0.39, 0.29) is 11.3 Å². The Morgan fingerprint density at radius 1 is 1.31 bits per heavy atom. The Morgan fingerprint density at radius 2 is 1.81 bits per heavy atom. The van der Waals surface area contributed by atoms with Gasteiger partial charge >= 0.3 is 0 Å². The van der Waals surface area contributed by atoms with E-state index in [0.29, 0.717) is 6.07 Å². The first kappa shape index (κ1) is 12.0. The molecule has 4 N–H and O–H groups in total. The standard InChI is InChI=1S/C10H10F2N2O2/c1-5(9(13)15)10(16)14-8-3-6(11)2-7(12)4-8/h2-4,14,16H,1H3,(H2,13,15). The van der Waals surface area contributed by atoms with Crippen molar-refractivity contribution >= 4 is 11.6 Å². The second-order valence-electron chi connectivity index (χ2n) is 3.12.